The molecule has 0 spiro atoms. The summed E-state index contributed by atoms with van der Waals surface area (Å²) in [5.41, 5.74) is 3.60. The van der Waals surface area contributed by atoms with E-state index in [-0.39, 0.29) is 5.91 Å². The SMILES string of the molecule is Cc1cn(C)c(C2CCN(C(=O)c3scnc3C)C2)n1. The number of aryl methyl sites for hydroxylation is 3. The smallest absolute Gasteiger partial charge is 0.265 e. The molecule has 2 aromatic heterocycles. The molecule has 5 nitrogen and oxygen atoms in total. The number of carbonyl (C=O) groups excluding carboxylic acids is 1. The van der Waals surface area contributed by atoms with Gasteiger partial charge in [0.15, 0.2) is 0 Å². The number of rotatable bonds is 2. The van der Waals surface area contributed by atoms with Gasteiger partial charge in [-0.05, 0) is 20.3 Å². The minimum Gasteiger partial charge on any atom is -0.337 e. The maximum absolute atomic E-state index is 12.5. The van der Waals surface area contributed by atoms with Gasteiger partial charge in [0.25, 0.3) is 5.91 Å². The van der Waals surface area contributed by atoms with Crippen molar-refractivity contribution in [2.45, 2.75) is 26.2 Å². The molecule has 106 valence electrons. The summed E-state index contributed by atoms with van der Waals surface area (Å²) < 4.78 is 2.08. The summed E-state index contributed by atoms with van der Waals surface area (Å²) in [7, 11) is 2.02. The minimum atomic E-state index is 0.110. The van der Waals surface area contributed by atoms with Gasteiger partial charge in [0.05, 0.1) is 16.9 Å². The van der Waals surface area contributed by atoms with E-state index in [9.17, 15) is 4.79 Å². The van der Waals surface area contributed by atoms with Crippen LogP contribution in [0, 0.1) is 13.8 Å². The Morgan fingerprint density at radius 2 is 2.25 bits per heavy atom. The third kappa shape index (κ3) is 2.24. The average molecular weight is 290 g/mol. The lowest BCUT2D eigenvalue weighted by Gasteiger charge is -2.15. The van der Waals surface area contributed by atoms with E-state index in [0.717, 1.165) is 41.6 Å². The van der Waals surface area contributed by atoms with Crippen molar-refractivity contribution in [3.05, 3.63) is 33.8 Å². The third-order valence-electron chi connectivity index (χ3n) is 3.81. The molecule has 3 rings (SSSR count). The standard InChI is InChI=1S/C14H18N4OS/c1-9-6-17(3)13(16-9)11-4-5-18(7-11)14(19)12-10(2)15-8-20-12/h6,8,11H,4-5,7H2,1-3H3. The zero-order valence-corrected chi connectivity index (χ0v) is 12.8. The van der Waals surface area contributed by atoms with Crippen molar-refractivity contribution in [3.8, 4) is 0 Å². The summed E-state index contributed by atoms with van der Waals surface area (Å²) in [6.45, 7) is 5.44. The number of amides is 1. The van der Waals surface area contributed by atoms with Crippen LogP contribution in [0.15, 0.2) is 11.7 Å². The highest BCUT2D eigenvalue weighted by Gasteiger charge is 2.31. The largest absolute Gasteiger partial charge is 0.337 e. The van der Waals surface area contributed by atoms with Gasteiger partial charge in [0.1, 0.15) is 10.7 Å². The highest BCUT2D eigenvalue weighted by molar-refractivity contribution is 7.11. The number of aromatic nitrogens is 3. The Hall–Kier alpha value is -1.69. The van der Waals surface area contributed by atoms with Gasteiger partial charge in [-0.2, -0.15) is 0 Å². The number of imidazole rings is 1. The quantitative estimate of drug-likeness (QED) is 0.851. The van der Waals surface area contributed by atoms with Crippen molar-refractivity contribution < 1.29 is 4.79 Å². The first-order chi connectivity index (χ1) is 9.56. The first-order valence-electron chi connectivity index (χ1n) is 6.75. The molecule has 0 aromatic carbocycles. The van der Waals surface area contributed by atoms with E-state index >= 15 is 0 Å². The van der Waals surface area contributed by atoms with Crippen LogP contribution in [-0.2, 0) is 7.05 Å². The van der Waals surface area contributed by atoms with E-state index in [1.807, 2.05) is 32.0 Å². The molecule has 0 aliphatic carbocycles. The van der Waals surface area contributed by atoms with Crippen molar-refractivity contribution in [1.29, 1.82) is 0 Å². The first kappa shape index (κ1) is 13.3. The normalized spacial score (nSPS) is 18.8. The van der Waals surface area contributed by atoms with E-state index in [1.165, 1.54) is 11.3 Å². The van der Waals surface area contributed by atoms with Gasteiger partial charge in [-0.3, -0.25) is 4.79 Å². The Bertz CT molecular complexity index is 645. The van der Waals surface area contributed by atoms with Gasteiger partial charge >= 0.3 is 0 Å². The Kier molecular flexibility index (Phi) is 3.33. The van der Waals surface area contributed by atoms with Crippen LogP contribution in [0.3, 0.4) is 0 Å². The molecule has 1 unspecified atom stereocenters. The van der Waals surface area contributed by atoms with E-state index < -0.39 is 0 Å². The average Bonchev–Trinajstić information content (AvgIpc) is 3.08. The molecular weight excluding hydrogens is 272 g/mol. The number of thiazole rings is 1. The molecule has 20 heavy (non-hydrogen) atoms. The predicted molar refractivity (Wildman–Crippen MR) is 78.1 cm³/mol. The van der Waals surface area contributed by atoms with Gasteiger partial charge in [-0.25, -0.2) is 9.97 Å². The Balaban J connectivity index is 1.76. The van der Waals surface area contributed by atoms with Crippen molar-refractivity contribution in [2.24, 2.45) is 7.05 Å². The summed E-state index contributed by atoms with van der Waals surface area (Å²) in [5, 5.41) is 0. The lowest BCUT2D eigenvalue weighted by atomic mass is 10.1. The second-order valence-corrected chi connectivity index (χ2v) is 6.21. The molecule has 1 fully saturated rings. The fraction of sp³-hybridized carbons (Fsp3) is 0.500. The van der Waals surface area contributed by atoms with Crippen LogP contribution in [0.1, 0.15) is 39.2 Å². The molecule has 0 radical (unpaired) electrons. The van der Waals surface area contributed by atoms with Gasteiger partial charge < -0.3 is 9.47 Å². The number of likely N-dealkylation sites (tertiary alicyclic amines) is 1. The monoisotopic (exact) mass is 290 g/mol. The molecule has 1 amide bonds. The maximum Gasteiger partial charge on any atom is 0.265 e. The molecule has 2 aromatic rings. The van der Waals surface area contributed by atoms with Crippen molar-refractivity contribution in [2.75, 3.05) is 13.1 Å². The molecule has 6 heteroatoms. The highest BCUT2D eigenvalue weighted by atomic mass is 32.1. The Morgan fingerprint density at radius 1 is 1.45 bits per heavy atom. The molecular formula is C14H18N4OS. The lowest BCUT2D eigenvalue weighted by molar-refractivity contribution is 0.0794. The molecule has 1 aliphatic heterocycles. The lowest BCUT2D eigenvalue weighted by Crippen LogP contribution is -2.28. The van der Waals surface area contributed by atoms with Crippen LogP contribution in [0.25, 0.3) is 0 Å². The molecule has 0 bridgehead atoms. The summed E-state index contributed by atoms with van der Waals surface area (Å²) in [5.74, 6) is 1.53. The van der Waals surface area contributed by atoms with E-state index in [2.05, 4.69) is 14.5 Å². The molecule has 1 aliphatic rings. The van der Waals surface area contributed by atoms with Gasteiger partial charge in [0.2, 0.25) is 0 Å². The molecule has 0 N–H and O–H groups in total. The predicted octanol–water partition coefficient (Wildman–Crippen LogP) is 2.12. The second kappa shape index (κ2) is 5.01. The second-order valence-electron chi connectivity index (χ2n) is 5.36. The number of hydrogen-bond acceptors (Lipinski definition) is 4. The van der Waals surface area contributed by atoms with Crippen LogP contribution < -0.4 is 0 Å². The Labute approximate surface area is 122 Å². The number of nitrogens with zero attached hydrogens (tertiary/aromatic N) is 4. The Morgan fingerprint density at radius 3 is 2.85 bits per heavy atom. The fourth-order valence-corrected chi connectivity index (χ4v) is 3.59. The van der Waals surface area contributed by atoms with Crippen LogP contribution in [0.5, 0.6) is 0 Å². The van der Waals surface area contributed by atoms with Crippen LogP contribution in [-0.4, -0.2) is 38.4 Å². The van der Waals surface area contributed by atoms with Crippen molar-refractivity contribution in [1.82, 2.24) is 19.4 Å². The summed E-state index contributed by atoms with van der Waals surface area (Å²) in [6.07, 6.45) is 3.01. The van der Waals surface area contributed by atoms with Gasteiger partial charge in [-0.1, -0.05) is 0 Å². The third-order valence-corrected chi connectivity index (χ3v) is 4.73. The van der Waals surface area contributed by atoms with Crippen molar-refractivity contribution >= 4 is 17.2 Å². The van der Waals surface area contributed by atoms with Gasteiger partial charge in [-0.15, -0.1) is 11.3 Å². The number of carbonyl (C=O) groups is 1. The molecule has 0 saturated carbocycles. The van der Waals surface area contributed by atoms with E-state index in [0.29, 0.717) is 5.92 Å². The summed E-state index contributed by atoms with van der Waals surface area (Å²) >= 11 is 1.43. The topological polar surface area (TPSA) is 51.0 Å². The van der Waals surface area contributed by atoms with Gasteiger partial charge in [0, 0.05) is 32.3 Å². The van der Waals surface area contributed by atoms with E-state index in [1.54, 1.807) is 5.51 Å². The summed E-state index contributed by atoms with van der Waals surface area (Å²) in [6, 6.07) is 0. The van der Waals surface area contributed by atoms with Crippen molar-refractivity contribution in [3.63, 3.8) is 0 Å². The fourth-order valence-electron chi connectivity index (χ4n) is 2.82. The minimum absolute atomic E-state index is 0.110. The summed E-state index contributed by atoms with van der Waals surface area (Å²) in [4.78, 5) is 23.9. The number of hydrogen-bond donors (Lipinski definition) is 0. The zero-order chi connectivity index (χ0) is 14.3. The highest BCUT2D eigenvalue weighted by Crippen LogP contribution is 2.28. The molecule has 3 heterocycles. The van der Waals surface area contributed by atoms with Crippen LogP contribution in [0.4, 0.5) is 0 Å². The zero-order valence-electron chi connectivity index (χ0n) is 12.0. The molecule has 1 saturated heterocycles. The van der Waals surface area contributed by atoms with Crippen LogP contribution >= 0.6 is 11.3 Å². The first-order valence-corrected chi connectivity index (χ1v) is 7.63. The maximum atomic E-state index is 12.5. The van der Waals surface area contributed by atoms with E-state index in [4.69, 9.17) is 0 Å². The van der Waals surface area contributed by atoms with Crippen LogP contribution in [0.2, 0.25) is 0 Å². The molecule has 1 atom stereocenters.